The van der Waals surface area contributed by atoms with Gasteiger partial charge in [0.15, 0.2) is 0 Å². The van der Waals surface area contributed by atoms with E-state index in [2.05, 4.69) is 207 Å². The van der Waals surface area contributed by atoms with Crippen molar-refractivity contribution in [3.63, 3.8) is 0 Å². The quantitative estimate of drug-likeness (QED) is 0.162. The number of hydrogen-bond donors (Lipinski definition) is 0. The fourth-order valence-corrected chi connectivity index (χ4v) is 14.1. The van der Waals surface area contributed by atoms with Crippen molar-refractivity contribution >= 4 is 17.1 Å². The lowest BCUT2D eigenvalue weighted by atomic mass is 9.42. The molecule has 1 spiro atoms. The third kappa shape index (κ3) is 5.09. The summed E-state index contributed by atoms with van der Waals surface area (Å²) in [6, 6.07) is 71.4. The molecule has 0 radical (unpaired) electrons. The van der Waals surface area contributed by atoms with Crippen LogP contribution < -0.4 is 4.90 Å². The summed E-state index contributed by atoms with van der Waals surface area (Å²) in [5, 5.41) is 0. The lowest BCUT2D eigenvalue weighted by Crippen LogP contribution is -2.55. The third-order valence-corrected chi connectivity index (χ3v) is 16.2. The van der Waals surface area contributed by atoms with E-state index in [4.69, 9.17) is 0 Å². The number of rotatable bonds is 6. The summed E-state index contributed by atoms with van der Waals surface area (Å²) < 4.78 is 0. The van der Waals surface area contributed by atoms with E-state index in [1.54, 1.807) is 11.1 Å². The van der Waals surface area contributed by atoms with E-state index in [0.717, 1.165) is 17.5 Å². The van der Waals surface area contributed by atoms with E-state index in [0.29, 0.717) is 11.8 Å². The topological polar surface area (TPSA) is 3.24 Å². The first-order valence-corrected chi connectivity index (χ1v) is 23.1. The van der Waals surface area contributed by atoms with E-state index in [1.165, 1.54) is 110 Å². The van der Waals surface area contributed by atoms with Crippen molar-refractivity contribution in [3.8, 4) is 55.6 Å². The van der Waals surface area contributed by atoms with E-state index < -0.39 is 0 Å². The van der Waals surface area contributed by atoms with Gasteiger partial charge >= 0.3 is 0 Å². The molecule has 6 aliphatic carbocycles. The van der Waals surface area contributed by atoms with Crippen LogP contribution in [0.5, 0.6) is 0 Å². The first-order chi connectivity index (χ1) is 30.5. The van der Waals surface area contributed by atoms with Gasteiger partial charge in [-0.25, -0.2) is 0 Å². The van der Waals surface area contributed by atoms with Gasteiger partial charge in [-0.3, -0.25) is 0 Å². The Morgan fingerprint density at radius 1 is 0.371 bits per heavy atom. The molecule has 1 heteroatoms. The molecule has 0 saturated heterocycles. The molecule has 1 nitrogen and oxygen atoms in total. The molecule has 8 aromatic carbocycles. The minimum atomic E-state index is -0.181. The van der Waals surface area contributed by atoms with Gasteiger partial charge in [-0.05, 0) is 164 Å². The first kappa shape index (κ1) is 36.2. The third-order valence-electron chi connectivity index (χ3n) is 16.2. The smallest absolute Gasteiger partial charge is 0.0508 e. The molecule has 300 valence electrons. The molecule has 14 rings (SSSR count). The summed E-state index contributed by atoms with van der Waals surface area (Å²) in [6.45, 7) is 4.81. The van der Waals surface area contributed by atoms with E-state index in [9.17, 15) is 0 Å². The van der Waals surface area contributed by atoms with Gasteiger partial charge in [0.05, 0.1) is 5.69 Å². The monoisotopic (exact) mass is 797 g/mol. The number of anilines is 3. The molecule has 0 aliphatic heterocycles. The van der Waals surface area contributed by atoms with Gasteiger partial charge in [0.2, 0.25) is 0 Å². The molecule has 0 aromatic heterocycles. The summed E-state index contributed by atoms with van der Waals surface area (Å²) >= 11 is 0. The average Bonchev–Trinajstić information content (AvgIpc) is 3.75. The van der Waals surface area contributed by atoms with Crippen LogP contribution in [0.3, 0.4) is 0 Å². The van der Waals surface area contributed by atoms with E-state index in [-0.39, 0.29) is 10.8 Å². The lowest BCUT2D eigenvalue weighted by Gasteiger charge is -2.61. The normalized spacial score (nSPS) is 22.9. The second kappa shape index (κ2) is 13.5. The van der Waals surface area contributed by atoms with E-state index >= 15 is 0 Å². The van der Waals surface area contributed by atoms with Crippen molar-refractivity contribution < 1.29 is 0 Å². The molecule has 0 amide bonds. The molecule has 4 bridgehead atoms. The van der Waals surface area contributed by atoms with E-state index in [1.807, 2.05) is 0 Å². The molecule has 4 saturated carbocycles. The Morgan fingerprint density at radius 2 is 0.871 bits per heavy atom. The largest absolute Gasteiger partial charge is 0.310 e. The van der Waals surface area contributed by atoms with Crippen molar-refractivity contribution in [1.29, 1.82) is 0 Å². The lowest BCUT2D eigenvalue weighted by molar-refractivity contribution is -0.0397. The van der Waals surface area contributed by atoms with Gasteiger partial charge in [-0.15, -0.1) is 0 Å². The SMILES string of the molecule is CC1(C)c2ccccc2-c2cccc(N(c3ccc(-c4ccccc4)cc3)c3ccc(-c4cccc5c4C4(c6ccccc6-5)C5CC6CC(C5)CC4C6)c(-c4ccccc4)c3)c21. The number of hydrogen-bond acceptors (Lipinski definition) is 1. The maximum atomic E-state index is 2.54. The summed E-state index contributed by atoms with van der Waals surface area (Å²) in [7, 11) is 0. The van der Waals surface area contributed by atoms with Crippen LogP contribution in [-0.2, 0) is 10.8 Å². The average molecular weight is 798 g/mol. The first-order valence-electron chi connectivity index (χ1n) is 23.1. The summed E-state index contributed by atoms with van der Waals surface area (Å²) in [5.74, 6) is 3.19. The summed E-state index contributed by atoms with van der Waals surface area (Å²) in [5.41, 5.74) is 22.8. The second-order valence-corrected chi connectivity index (χ2v) is 19.7. The Bertz CT molecular complexity index is 3020. The zero-order valence-electron chi connectivity index (χ0n) is 35.7. The van der Waals surface area contributed by atoms with Crippen LogP contribution in [0, 0.1) is 23.7 Å². The summed E-state index contributed by atoms with van der Waals surface area (Å²) in [4.78, 5) is 2.54. The highest BCUT2D eigenvalue weighted by atomic mass is 15.1. The van der Waals surface area contributed by atoms with Crippen molar-refractivity contribution in [2.75, 3.05) is 4.90 Å². The van der Waals surface area contributed by atoms with Gasteiger partial charge in [0.1, 0.15) is 0 Å². The Labute approximate surface area is 366 Å². The highest BCUT2D eigenvalue weighted by Crippen LogP contribution is 2.70. The molecule has 0 N–H and O–H groups in total. The fraction of sp³-hybridized carbons (Fsp3) is 0.213. The number of fused-ring (bicyclic) bond motifs is 6. The Hall–Kier alpha value is -6.44. The van der Waals surface area contributed by atoms with Gasteiger partial charge in [-0.2, -0.15) is 0 Å². The molecular formula is C61H51N. The van der Waals surface area contributed by atoms with Gasteiger partial charge in [0.25, 0.3) is 0 Å². The fourth-order valence-electron chi connectivity index (χ4n) is 14.1. The van der Waals surface area contributed by atoms with Crippen molar-refractivity contribution in [2.45, 2.75) is 56.8 Å². The van der Waals surface area contributed by atoms with Crippen LogP contribution in [0.15, 0.2) is 188 Å². The van der Waals surface area contributed by atoms with Crippen LogP contribution in [0.25, 0.3) is 55.6 Å². The molecule has 0 atom stereocenters. The highest BCUT2D eigenvalue weighted by molar-refractivity contribution is 5.97. The number of nitrogens with zero attached hydrogens (tertiary/aromatic N) is 1. The molecule has 0 unspecified atom stereocenters. The number of benzene rings is 8. The van der Waals surface area contributed by atoms with Crippen molar-refractivity contribution in [1.82, 2.24) is 0 Å². The Morgan fingerprint density at radius 3 is 1.55 bits per heavy atom. The van der Waals surface area contributed by atoms with Crippen LogP contribution in [0.1, 0.15) is 68.2 Å². The highest BCUT2D eigenvalue weighted by Gasteiger charge is 2.62. The maximum Gasteiger partial charge on any atom is 0.0508 e. The van der Waals surface area contributed by atoms with Crippen LogP contribution in [0.4, 0.5) is 17.1 Å². The Kier molecular flexibility index (Phi) is 7.91. The predicted molar refractivity (Wildman–Crippen MR) is 258 cm³/mol. The van der Waals surface area contributed by atoms with Gasteiger partial charge in [-0.1, -0.05) is 172 Å². The molecule has 8 aromatic rings. The van der Waals surface area contributed by atoms with Crippen molar-refractivity contribution in [2.24, 2.45) is 23.7 Å². The van der Waals surface area contributed by atoms with Gasteiger partial charge < -0.3 is 4.90 Å². The minimum Gasteiger partial charge on any atom is -0.310 e. The zero-order valence-corrected chi connectivity index (χ0v) is 35.7. The molecule has 4 fully saturated rings. The standard InChI is InChI=1S/C61H51N/c1-60(2)55-24-11-9-19-49(55)53-23-14-26-57(59(53)60)62(46-29-27-42(28-30-46)41-15-5-3-6-16-41)47-31-32-48(54(38-47)43-17-7-4-8-18-43)51-21-13-22-52-50-20-10-12-25-56(50)61(58(51)52)44-34-39-33-40(36-44)37-45(61)35-39/h3-32,38-40,44-45H,33-37H2,1-2H3. The molecule has 0 heterocycles. The maximum absolute atomic E-state index is 2.54. The van der Waals surface area contributed by atoms with Crippen LogP contribution >= 0.6 is 0 Å². The Balaban J connectivity index is 1.04. The minimum absolute atomic E-state index is 0.0697. The van der Waals surface area contributed by atoms with Crippen LogP contribution in [-0.4, -0.2) is 0 Å². The van der Waals surface area contributed by atoms with Crippen LogP contribution in [0.2, 0.25) is 0 Å². The molecule has 6 aliphatic rings. The van der Waals surface area contributed by atoms with Crippen molar-refractivity contribution in [3.05, 3.63) is 210 Å². The predicted octanol–water partition coefficient (Wildman–Crippen LogP) is 16.2. The summed E-state index contributed by atoms with van der Waals surface area (Å²) in [6.07, 6.45) is 6.95. The zero-order chi connectivity index (χ0) is 41.2. The van der Waals surface area contributed by atoms with Gasteiger partial charge in [0, 0.05) is 22.2 Å². The second-order valence-electron chi connectivity index (χ2n) is 19.7. The molecular weight excluding hydrogens is 747 g/mol. The molecule has 62 heavy (non-hydrogen) atoms.